The van der Waals surface area contributed by atoms with E-state index in [9.17, 15) is 22.8 Å². The molecule has 1 amide bonds. The summed E-state index contributed by atoms with van der Waals surface area (Å²) < 4.78 is 52.7. The third-order valence-corrected chi connectivity index (χ3v) is 6.38. The van der Waals surface area contributed by atoms with Crippen LogP contribution in [0.2, 0.25) is 0 Å². The second kappa shape index (κ2) is 8.68. The van der Waals surface area contributed by atoms with Gasteiger partial charge in [-0.3, -0.25) is 4.79 Å². The van der Waals surface area contributed by atoms with Crippen molar-refractivity contribution in [2.45, 2.75) is 50.9 Å². The highest BCUT2D eigenvalue weighted by atomic mass is 19.4. The van der Waals surface area contributed by atoms with E-state index in [1.54, 1.807) is 11.8 Å². The number of aromatic nitrogens is 2. The molecule has 0 saturated carbocycles. The molecule has 0 spiro atoms. The second-order valence-electron chi connectivity index (χ2n) is 8.36. The van der Waals surface area contributed by atoms with Crippen LogP contribution in [0.25, 0.3) is 0 Å². The van der Waals surface area contributed by atoms with Crippen LogP contribution in [0.5, 0.6) is 0 Å². The molecular weight excluding hydrogens is 417 g/mol. The van der Waals surface area contributed by atoms with Gasteiger partial charge in [0.25, 0.3) is 0 Å². The number of ether oxygens (including phenoxy) is 2. The number of hydrogen-bond acceptors (Lipinski definition) is 6. The Hall–Kier alpha value is -2.30. The van der Waals surface area contributed by atoms with Crippen LogP contribution in [0.4, 0.5) is 19.0 Å². The molecule has 2 saturated heterocycles. The molecule has 4 atom stereocenters. The molecule has 172 valence electrons. The highest BCUT2D eigenvalue weighted by molar-refractivity contribution is 5.94. The number of fused-ring (bicyclic) bond motifs is 1. The Bertz CT molecular complexity index is 822. The number of carbonyl (C=O) groups is 2. The van der Waals surface area contributed by atoms with Gasteiger partial charge in [0.15, 0.2) is 6.04 Å². The van der Waals surface area contributed by atoms with Gasteiger partial charge in [-0.2, -0.15) is 18.3 Å². The Morgan fingerprint density at radius 3 is 2.84 bits per heavy atom. The number of likely N-dealkylation sites (tertiary alicyclic amines) is 1. The Morgan fingerprint density at radius 2 is 2.16 bits per heavy atom. The molecule has 11 heteroatoms. The molecule has 0 aromatic carbocycles. The first kappa shape index (κ1) is 21.9. The molecule has 4 heterocycles. The van der Waals surface area contributed by atoms with E-state index in [-0.39, 0.29) is 42.2 Å². The molecule has 3 aliphatic rings. The molecule has 0 aliphatic carbocycles. The fourth-order valence-corrected chi connectivity index (χ4v) is 4.78. The van der Waals surface area contributed by atoms with Crippen LogP contribution in [-0.2, 0) is 14.3 Å². The molecule has 3 aliphatic heterocycles. The molecule has 0 bridgehead atoms. The summed E-state index contributed by atoms with van der Waals surface area (Å²) in [5.74, 6) is -0.992. The summed E-state index contributed by atoms with van der Waals surface area (Å²) in [5.41, 5.74) is -0.00681. The van der Waals surface area contributed by atoms with E-state index in [4.69, 9.17) is 9.47 Å². The van der Waals surface area contributed by atoms with Crippen molar-refractivity contribution in [2.75, 3.05) is 38.2 Å². The van der Waals surface area contributed by atoms with Crippen molar-refractivity contribution in [2.24, 2.45) is 11.8 Å². The zero-order chi connectivity index (χ0) is 22.2. The lowest BCUT2D eigenvalue weighted by Crippen LogP contribution is -2.50. The summed E-state index contributed by atoms with van der Waals surface area (Å²) in [6.45, 7) is 3.70. The smallest absolute Gasteiger partial charge is 0.410 e. The Morgan fingerprint density at radius 1 is 1.35 bits per heavy atom. The summed E-state index contributed by atoms with van der Waals surface area (Å²) in [6.07, 6.45) is -1.49. The van der Waals surface area contributed by atoms with Gasteiger partial charge in [0.05, 0.1) is 25.3 Å². The van der Waals surface area contributed by atoms with Crippen molar-refractivity contribution in [3.63, 3.8) is 0 Å². The van der Waals surface area contributed by atoms with E-state index in [2.05, 4.69) is 10.4 Å². The molecule has 4 rings (SSSR count). The lowest BCUT2D eigenvalue weighted by atomic mass is 9.85. The number of nitrogens with zero attached hydrogens (tertiary/aromatic N) is 3. The van der Waals surface area contributed by atoms with Crippen LogP contribution in [0.1, 0.15) is 49.0 Å². The first-order valence-corrected chi connectivity index (χ1v) is 10.7. The van der Waals surface area contributed by atoms with Crippen molar-refractivity contribution in [1.29, 1.82) is 0 Å². The number of piperidine rings is 1. The summed E-state index contributed by atoms with van der Waals surface area (Å²) in [7, 11) is 0. The van der Waals surface area contributed by atoms with Gasteiger partial charge in [0.1, 0.15) is 11.4 Å². The summed E-state index contributed by atoms with van der Waals surface area (Å²) >= 11 is 0. The largest absolute Gasteiger partial charge is 0.462 e. The molecule has 8 nitrogen and oxygen atoms in total. The van der Waals surface area contributed by atoms with Crippen molar-refractivity contribution in [1.82, 2.24) is 14.7 Å². The fourth-order valence-electron chi connectivity index (χ4n) is 4.78. The highest BCUT2D eigenvalue weighted by Gasteiger charge is 2.49. The highest BCUT2D eigenvalue weighted by Crippen LogP contribution is 2.43. The average Bonchev–Trinajstić information content (AvgIpc) is 3.42. The minimum Gasteiger partial charge on any atom is -0.462 e. The van der Waals surface area contributed by atoms with E-state index < -0.39 is 24.2 Å². The molecule has 2 fully saturated rings. The van der Waals surface area contributed by atoms with Gasteiger partial charge in [-0.05, 0) is 38.5 Å². The first-order valence-electron chi connectivity index (χ1n) is 10.7. The topological polar surface area (TPSA) is 85.7 Å². The van der Waals surface area contributed by atoms with Crippen LogP contribution in [0.3, 0.4) is 0 Å². The molecule has 0 unspecified atom stereocenters. The fraction of sp³-hybridized carbons (Fsp3) is 0.750. The maximum Gasteiger partial charge on any atom is 0.410 e. The number of rotatable bonds is 4. The van der Waals surface area contributed by atoms with E-state index in [1.165, 1.54) is 0 Å². The van der Waals surface area contributed by atoms with Crippen LogP contribution in [0, 0.1) is 11.8 Å². The third kappa shape index (κ3) is 4.37. The van der Waals surface area contributed by atoms with Gasteiger partial charge in [-0.15, -0.1) is 0 Å². The lowest BCUT2D eigenvalue weighted by Gasteiger charge is -2.42. The number of esters is 1. The normalized spacial score (nSPS) is 28.7. The molecule has 0 radical (unpaired) electrons. The molecule has 1 N–H and O–H groups in total. The summed E-state index contributed by atoms with van der Waals surface area (Å²) in [4.78, 5) is 26.8. The second-order valence-corrected chi connectivity index (χ2v) is 8.36. The predicted octanol–water partition coefficient (Wildman–Crippen LogP) is 2.62. The number of amides is 1. The number of nitrogens with one attached hydrogen (secondary N) is 1. The molecule has 1 aromatic heterocycles. The molecule has 1 aromatic rings. The number of alkyl halides is 3. The van der Waals surface area contributed by atoms with Gasteiger partial charge in [-0.1, -0.05) is 0 Å². The average molecular weight is 444 g/mol. The molecule has 31 heavy (non-hydrogen) atoms. The molecular formula is C20H27F3N4O4. The maximum atomic E-state index is 13.8. The van der Waals surface area contributed by atoms with E-state index in [1.807, 2.05) is 0 Å². The van der Waals surface area contributed by atoms with E-state index in [0.717, 1.165) is 17.3 Å². The van der Waals surface area contributed by atoms with Gasteiger partial charge in [0, 0.05) is 25.7 Å². The monoisotopic (exact) mass is 444 g/mol. The summed E-state index contributed by atoms with van der Waals surface area (Å²) in [5, 5.41) is 6.96. The van der Waals surface area contributed by atoms with Crippen molar-refractivity contribution >= 4 is 17.7 Å². The number of carbonyl (C=O) groups excluding carboxylic acids is 2. The van der Waals surface area contributed by atoms with Crippen LogP contribution in [0.15, 0.2) is 6.20 Å². The zero-order valence-electron chi connectivity index (χ0n) is 17.4. The predicted molar refractivity (Wildman–Crippen MR) is 104 cm³/mol. The van der Waals surface area contributed by atoms with Crippen LogP contribution < -0.4 is 5.32 Å². The maximum absolute atomic E-state index is 13.8. The van der Waals surface area contributed by atoms with Crippen LogP contribution >= 0.6 is 0 Å². The van der Waals surface area contributed by atoms with Gasteiger partial charge >= 0.3 is 12.1 Å². The van der Waals surface area contributed by atoms with E-state index in [0.29, 0.717) is 39.1 Å². The quantitative estimate of drug-likeness (QED) is 0.719. The first-order chi connectivity index (χ1) is 14.8. The van der Waals surface area contributed by atoms with Crippen molar-refractivity contribution in [3.05, 3.63) is 11.8 Å². The van der Waals surface area contributed by atoms with Gasteiger partial charge in [0.2, 0.25) is 5.91 Å². The Labute approximate surface area is 178 Å². The van der Waals surface area contributed by atoms with Crippen molar-refractivity contribution < 1.29 is 32.2 Å². The number of anilines is 1. The minimum absolute atomic E-state index is 0.00681. The van der Waals surface area contributed by atoms with Crippen molar-refractivity contribution in [3.8, 4) is 0 Å². The zero-order valence-corrected chi connectivity index (χ0v) is 17.4. The third-order valence-electron chi connectivity index (χ3n) is 6.38. The standard InChI is InChI=1S/C20H27F3N4O4/c1-2-31-19(29)14-9-24-27-16(20(21,22)23)8-15(25-17(14)27)12-4-3-6-26(10-12)18(28)13-5-7-30-11-13/h9,12-13,15-16,25H,2-8,10-11H2,1H3/t12-,13-,15-,16+/m0/s1. The van der Waals surface area contributed by atoms with Gasteiger partial charge < -0.3 is 19.7 Å². The number of hydrogen-bond donors (Lipinski definition) is 1. The Balaban J connectivity index is 1.56. The van der Waals surface area contributed by atoms with Crippen LogP contribution in [-0.4, -0.2) is 71.7 Å². The Kier molecular flexibility index (Phi) is 6.14. The lowest BCUT2D eigenvalue weighted by molar-refractivity contribution is -0.175. The number of halogens is 3. The minimum atomic E-state index is -4.52. The van der Waals surface area contributed by atoms with E-state index >= 15 is 0 Å². The van der Waals surface area contributed by atoms with Gasteiger partial charge in [-0.25, -0.2) is 9.48 Å². The summed E-state index contributed by atoms with van der Waals surface area (Å²) in [6, 6.07) is -2.38. The SMILES string of the molecule is CCOC(=O)c1cnn2c1N[C@H]([C@H]1CCCN(C(=O)[C@H]3CCOC3)C1)C[C@@H]2C(F)(F)F.